The lowest BCUT2D eigenvalue weighted by Gasteiger charge is -1.82. The van der Waals surface area contributed by atoms with Crippen molar-refractivity contribution in [2.24, 2.45) is 0 Å². The number of hydrogen-bond acceptors (Lipinski definition) is 0. The van der Waals surface area contributed by atoms with Crippen LogP contribution < -0.4 is 0 Å². The van der Waals surface area contributed by atoms with Crippen LogP contribution in [0.2, 0.25) is 0 Å². The molecule has 0 aromatic carbocycles. The van der Waals surface area contributed by atoms with Crippen molar-refractivity contribution in [3.05, 3.63) is 0 Å². The quantitative estimate of drug-likeness (QED) is 0.363. The fourth-order valence-electron chi connectivity index (χ4n) is 0.489. The Morgan fingerprint density at radius 1 is 1.22 bits per heavy atom. The van der Waals surface area contributed by atoms with Gasteiger partial charge in [-0.2, -0.15) is 0 Å². The van der Waals surface area contributed by atoms with Gasteiger partial charge in [0.25, 0.3) is 0 Å². The maximum absolute atomic E-state index is 3.32. The number of hydrogen-bond donors (Lipinski definition) is 0. The van der Waals surface area contributed by atoms with Gasteiger partial charge in [0.1, 0.15) is 0 Å². The lowest BCUT2D eigenvalue weighted by molar-refractivity contribution is 0.827. The van der Waals surface area contributed by atoms with Crippen LogP contribution in [0.3, 0.4) is 0 Å². The van der Waals surface area contributed by atoms with Crippen LogP contribution in [-0.2, 0) is 0 Å². The van der Waals surface area contributed by atoms with Crippen LogP contribution in [0.1, 0.15) is 32.6 Å². The van der Waals surface area contributed by atoms with Gasteiger partial charge < -0.3 is 0 Å². The predicted molar refractivity (Wildman–Crippen MR) is 45.7 cm³/mol. The number of unbranched alkanes of at least 4 members (excludes halogenated alkanes) is 2. The minimum Gasteiger partial charge on any atom is -0.103 e. The predicted octanol–water partition coefficient (Wildman–Crippen LogP) is 2.97. The third-order valence-electron chi connectivity index (χ3n) is 1.000. The molecule has 0 heterocycles. The van der Waals surface area contributed by atoms with Crippen molar-refractivity contribution in [1.82, 2.24) is 0 Å². The van der Waals surface area contributed by atoms with Gasteiger partial charge >= 0.3 is 0 Å². The first kappa shape index (κ1) is 9.04. The van der Waals surface area contributed by atoms with Crippen LogP contribution in [0.15, 0.2) is 0 Å². The zero-order chi connectivity index (χ0) is 6.95. The van der Waals surface area contributed by atoms with E-state index in [1.165, 1.54) is 12.8 Å². The molecule has 52 valence electrons. The molecular formula is C8H13Br. The van der Waals surface area contributed by atoms with Crippen molar-refractivity contribution in [2.45, 2.75) is 32.6 Å². The third-order valence-corrected chi connectivity index (χ3v) is 1.40. The summed E-state index contributed by atoms with van der Waals surface area (Å²) >= 11 is 3.32. The Balaban J connectivity index is 2.96. The Kier molecular flexibility index (Phi) is 8.08. The van der Waals surface area contributed by atoms with Crippen molar-refractivity contribution in [2.75, 3.05) is 5.33 Å². The highest BCUT2D eigenvalue weighted by Crippen LogP contribution is 1.91. The Morgan fingerprint density at radius 2 is 1.89 bits per heavy atom. The van der Waals surface area contributed by atoms with Crippen molar-refractivity contribution < 1.29 is 0 Å². The van der Waals surface area contributed by atoms with Gasteiger partial charge in [0.05, 0.1) is 0 Å². The van der Waals surface area contributed by atoms with Gasteiger partial charge in [0, 0.05) is 18.2 Å². The molecule has 0 aliphatic heterocycles. The highest BCUT2D eigenvalue weighted by atomic mass is 79.9. The van der Waals surface area contributed by atoms with Gasteiger partial charge in [0.15, 0.2) is 0 Å². The van der Waals surface area contributed by atoms with E-state index in [4.69, 9.17) is 0 Å². The standard InChI is InChI=1S/C8H13Br/c1-2-3-4-5-6-7-8-9/h2-4,7-8H2,1H3. The summed E-state index contributed by atoms with van der Waals surface area (Å²) < 4.78 is 0. The zero-order valence-corrected chi connectivity index (χ0v) is 7.50. The molecule has 0 unspecified atom stereocenters. The molecule has 0 nitrogen and oxygen atoms in total. The highest BCUT2D eigenvalue weighted by Gasteiger charge is 1.75. The molecule has 0 fully saturated rings. The van der Waals surface area contributed by atoms with Crippen LogP contribution in [-0.4, -0.2) is 5.33 Å². The van der Waals surface area contributed by atoms with E-state index in [2.05, 4.69) is 34.7 Å². The number of halogens is 1. The highest BCUT2D eigenvalue weighted by molar-refractivity contribution is 9.09. The van der Waals surface area contributed by atoms with Crippen LogP contribution in [0.5, 0.6) is 0 Å². The summed E-state index contributed by atoms with van der Waals surface area (Å²) in [5.74, 6) is 6.18. The molecule has 0 aromatic rings. The van der Waals surface area contributed by atoms with Crippen molar-refractivity contribution in [1.29, 1.82) is 0 Å². The smallest absolute Gasteiger partial charge is 0.0186 e. The van der Waals surface area contributed by atoms with E-state index in [9.17, 15) is 0 Å². The molecule has 0 aliphatic carbocycles. The zero-order valence-electron chi connectivity index (χ0n) is 5.91. The number of alkyl halides is 1. The minimum atomic E-state index is 0.990. The first-order chi connectivity index (χ1) is 4.41. The molecule has 0 saturated carbocycles. The molecule has 0 radical (unpaired) electrons. The molecule has 0 N–H and O–H groups in total. The van der Waals surface area contributed by atoms with Crippen molar-refractivity contribution >= 4 is 15.9 Å². The summed E-state index contributed by atoms with van der Waals surface area (Å²) in [6.07, 6.45) is 4.56. The van der Waals surface area contributed by atoms with Crippen LogP contribution in [0.25, 0.3) is 0 Å². The maximum Gasteiger partial charge on any atom is 0.0186 e. The van der Waals surface area contributed by atoms with Crippen LogP contribution in [0, 0.1) is 11.8 Å². The van der Waals surface area contributed by atoms with E-state index < -0.39 is 0 Å². The van der Waals surface area contributed by atoms with Crippen LogP contribution >= 0.6 is 15.9 Å². The second kappa shape index (κ2) is 8.04. The first-order valence-corrected chi connectivity index (χ1v) is 4.55. The normalized spacial score (nSPS) is 8.22. The second-order valence-corrected chi connectivity index (χ2v) is 2.69. The average molecular weight is 189 g/mol. The van der Waals surface area contributed by atoms with Crippen molar-refractivity contribution in [3.8, 4) is 11.8 Å². The lowest BCUT2D eigenvalue weighted by atomic mass is 10.2. The lowest BCUT2D eigenvalue weighted by Crippen LogP contribution is -1.69. The summed E-state index contributed by atoms with van der Waals surface area (Å²) in [5, 5.41) is 1.01. The molecule has 1 heteroatoms. The largest absolute Gasteiger partial charge is 0.103 e. The summed E-state index contributed by atoms with van der Waals surface area (Å²) in [6, 6.07) is 0. The van der Waals surface area contributed by atoms with Gasteiger partial charge in [0.2, 0.25) is 0 Å². The van der Waals surface area contributed by atoms with Crippen molar-refractivity contribution in [3.63, 3.8) is 0 Å². The second-order valence-electron chi connectivity index (χ2n) is 1.90. The Hall–Kier alpha value is 0.0400. The average Bonchev–Trinajstić information content (AvgIpc) is 1.89. The molecule has 0 amide bonds. The Bertz CT molecular complexity index is 96.9. The molecule has 0 saturated heterocycles. The molecule has 0 rings (SSSR count). The monoisotopic (exact) mass is 188 g/mol. The van der Waals surface area contributed by atoms with E-state index in [0.29, 0.717) is 0 Å². The van der Waals surface area contributed by atoms with Gasteiger partial charge in [-0.05, 0) is 6.42 Å². The fourth-order valence-corrected chi connectivity index (χ4v) is 0.687. The Morgan fingerprint density at radius 3 is 2.44 bits per heavy atom. The molecule has 0 aromatic heterocycles. The van der Waals surface area contributed by atoms with Gasteiger partial charge in [-0.1, -0.05) is 29.3 Å². The number of rotatable bonds is 3. The first-order valence-electron chi connectivity index (χ1n) is 3.43. The van der Waals surface area contributed by atoms with Gasteiger partial charge in [-0.15, -0.1) is 11.8 Å². The molecule has 0 atom stereocenters. The summed E-state index contributed by atoms with van der Waals surface area (Å²) in [6.45, 7) is 2.19. The molecule has 9 heavy (non-hydrogen) atoms. The van der Waals surface area contributed by atoms with E-state index in [1.54, 1.807) is 0 Å². The molecule has 0 aliphatic rings. The summed E-state index contributed by atoms with van der Waals surface area (Å²) in [4.78, 5) is 0. The maximum atomic E-state index is 3.32. The minimum absolute atomic E-state index is 0.990. The third kappa shape index (κ3) is 8.04. The molecular weight excluding hydrogens is 176 g/mol. The topological polar surface area (TPSA) is 0 Å². The SMILES string of the molecule is CCCCC#CCCBr. The van der Waals surface area contributed by atoms with Crippen LogP contribution in [0.4, 0.5) is 0 Å². The molecule has 0 bridgehead atoms. The molecule has 0 spiro atoms. The van der Waals surface area contributed by atoms with Gasteiger partial charge in [-0.3, -0.25) is 0 Å². The van der Waals surface area contributed by atoms with E-state index in [-0.39, 0.29) is 0 Å². The van der Waals surface area contributed by atoms with Gasteiger partial charge in [-0.25, -0.2) is 0 Å². The van der Waals surface area contributed by atoms with E-state index in [0.717, 1.165) is 18.2 Å². The fraction of sp³-hybridized carbons (Fsp3) is 0.750. The summed E-state index contributed by atoms with van der Waals surface area (Å²) in [5.41, 5.74) is 0. The Labute approximate surface area is 66.2 Å². The van der Waals surface area contributed by atoms with E-state index >= 15 is 0 Å². The van der Waals surface area contributed by atoms with E-state index in [1.807, 2.05) is 0 Å². The summed E-state index contributed by atoms with van der Waals surface area (Å²) in [7, 11) is 0.